The first-order valence-corrected chi connectivity index (χ1v) is 29.9. The summed E-state index contributed by atoms with van der Waals surface area (Å²) < 4.78 is 83.5. The van der Waals surface area contributed by atoms with E-state index in [0.717, 1.165) is 43.6 Å². The summed E-state index contributed by atoms with van der Waals surface area (Å²) in [4.78, 5) is 39.0. The van der Waals surface area contributed by atoms with Gasteiger partial charge in [0.2, 0.25) is 11.8 Å². The molecule has 0 radical (unpaired) electrons. The summed E-state index contributed by atoms with van der Waals surface area (Å²) in [5.74, 6) is 1.01. The Morgan fingerprint density at radius 3 is 1.40 bits per heavy atom. The number of benzene rings is 1. The Morgan fingerprint density at radius 1 is 0.537 bits per heavy atom. The van der Waals surface area contributed by atoms with E-state index < -0.39 is 0 Å². The number of ether oxygens (including phenoxy) is 15. The number of urea groups is 1. The molecule has 2 aliphatic rings. The van der Waals surface area contributed by atoms with Gasteiger partial charge in [-0.2, -0.15) is 11.8 Å². The van der Waals surface area contributed by atoms with Gasteiger partial charge in [0.1, 0.15) is 5.75 Å². The van der Waals surface area contributed by atoms with Crippen molar-refractivity contribution in [2.75, 3.05) is 224 Å². The van der Waals surface area contributed by atoms with Crippen LogP contribution in [0.5, 0.6) is 5.75 Å². The molecule has 2 fully saturated rings. The molecule has 4 N–H and O–H groups in total. The lowest BCUT2D eigenvalue weighted by molar-refractivity contribution is -0.132. The van der Waals surface area contributed by atoms with E-state index in [2.05, 4.69) is 22.9 Å². The smallest absolute Gasteiger partial charge is 0.315 e. The zero-order valence-electron chi connectivity index (χ0n) is 47.8. The third kappa shape index (κ3) is 40.8. The van der Waals surface area contributed by atoms with Crippen molar-refractivity contribution in [1.29, 1.82) is 0 Å². The number of phenolic OH excluding ortho intramolecular Hbond substituents is 1. The summed E-state index contributed by atoms with van der Waals surface area (Å²) in [6.45, 7) is 18.3. The van der Waals surface area contributed by atoms with Gasteiger partial charge < -0.3 is 97.0 Å². The molecule has 1 aromatic rings. The number of nitrogens with one attached hydrogen (secondary N) is 3. The predicted octanol–water partition coefficient (Wildman–Crippen LogP) is 3.52. The number of rotatable bonds is 59. The molecule has 1 aromatic carbocycles. The number of aromatic hydroxyl groups is 1. The quantitative estimate of drug-likeness (QED) is 0.0414. The maximum Gasteiger partial charge on any atom is 0.315 e. The summed E-state index contributed by atoms with van der Waals surface area (Å²) in [5.41, 5.74) is 0.825. The highest BCUT2D eigenvalue weighted by Gasteiger charge is 2.42. The lowest BCUT2D eigenvalue weighted by Gasteiger charge is -2.23. The van der Waals surface area contributed by atoms with Crippen LogP contribution in [0.2, 0.25) is 0 Å². The molecule has 3 unspecified atom stereocenters. The van der Waals surface area contributed by atoms with Gasteiger partial charge in [-0.05, 0) is 55.9 Å². The van der Waals surface area contributed by atoms with Crippen molar-refractivity contribution >= 4 is 35.7 Å². The Labute approximate surface area is 479 Å². The third-order valence-corrected chi connectivity index (χ3v) is 13.4. The molecular weight excluding hydrogens is 1060 g/mol. The number of hydrogen-bond acceptors (Lipinski definition) is 20. The van der Waals surface area contributed by atoms with E-state index in [9.17, 15) is 19.5 Å². The maximum absolute atomic E-state index is 13.4. The van der Waals surface area contributed by atoms with Crippen molar-refractivity contribution < 1.29 is 90.5 Å². The van der Waals surface area contributed by atoms with Crippen LogP contribution in [0.15, 0.2) is 30.3 Å². The topological polar surface area (TPSA) is 249 Å². The molecule has 0 saturated carbocycles. The first-order valence-electron chi connectivity index (χ1n) is 28.8. The van der Waals surface area contributed by atoms with Gasteiger partial charge in [-0.25, -0.2) is 4.79 Å². The highest BCUT2D eigenvalue weighted by Crippen LogP contribution is 2.33. The minimum Gasteiger partial charge on any atom is -0.508 e. The number of hydrogen-bond donors (Lipinski definition) is 4. The second kappa shape index (κ2) is 52.5. The fourth-order valence-corrected chi connectivity index (χ4v) is 9.27. The standard InChI is InChI=1S/C56H98N4O19S/c1-2-18-65-22-26-69-30-32-72-34-36-74-38-40-76-42-44-78-46-47-79-45-43-77-41-39-75-37-35-73-33-31-71-29-25-68-21-17-60(54(63)8-4-3-7-52-55-51(48-80-52)58-56(64)59-55)16-6-20-67-24-28-70-27-23-66-19-5-15-57-53(62)14-11-49-9-12-50(61)13-10-49/h9-14,51-52,55,61H,2-8,15-48H2,1H3,(H,57,62)(H2,58,59,64). The van der Waals surface area contributed by atoms with Crippen LogP contribution in [0, 0.1) is 0 Å². The van der Waals surface area contributed by atoms with Crippen molar-refractivity contribution in [3.63, 3.8) is 0 Å². The molecule has 4 amide bonds. The van der Waals surface area contributed by atoms with Crippen LogP contribution in [0.3, 0.4) is 0 Å². The monoisotopic (exact) mass is 1160 g/mol. The van der Waals surface area contributed by atoms with E-state index in [-0.39, 0.29) is 35.7 Å². The second-order valence-corrected chi connectivity index (χ2v) is 19.6. The van der Waals surface area contributed by atoms with Gasteiger partial charge in [-0.1, -0.05) is 25.5 Å². The predicted molar refractivity (Wildman–Crippen MR) is 302 cm³/mol. The fraction of sp³-hybridized carbons (Fsp3) is 0.804. The van der Waals surface area contributed by atoms with Gasteiger partial charge in [0.25, 0.3) is 0 Å². The SMILES string of the molecule is CCCOCCOCCOCCOCCOCCOCCOCCOCCOCCOCCOCCOCCN(CCCOCCOCCOCCCNC(=O)C=Cc1ccc(O)cc1)C(=O)CCCCC1SCC2NC(=O)NC21. The lowest BCUT2D eigenvalue weighted by atomic mass is 10.0. The van der Waals surface area contributed by atoms with Gasteiger partial charge in [-0.3, -0.25) is 9.59 Å². The zero-order chi connectivity index (χ0) is 56.9. The number of unbranched alkanes of at least 4 members (excludes halogenated alkanes) is 1. The van der Waals surface area contributed by atoms with Crippen LogP contribution in [-0.2, 0) is 80.6 Å². The molecule has 80 heavy (non-hydrogen) atoms. The molecule has 23 nitrogen and oxygen atoms in total. The van der Waals surface area contributed by atoms with Gasteiger partial charge in [0, 0.05) is 63.0 Å². The van der Waals surface area contributed by atoms with Gasteiger partial charge >= 0.3 is 6.03 Å². The van der Waals surface area contributed by atoms with Crippen molar-refractivity contribution in [2.24, 2.45) is 0 Å². The van der Waals surface area contributed by atoms with Crippen LogP contribution in [0.25, 0.3) is 6.08 Å². The van der Waals surface area contributed by atoms with Crippen LogP contribution in [-0.4, -0.2) is 269 Å². The molecule has 24 heteroatoms. The van der Waals surface area contributed by atoms with Crippen LogP contribution in [0.1, 0.15) is 57.4 Å². The average Bonchev–Trinajstić information content (AvgIpc) is 4.04. The highest BCUT2D eigenvalue weighted by molar-refractivity contribution is 8.00. The average molecular weight is 1160 g/mol. The molecule has 3 atom stereocenters. The summed E-state index contributed by atoms with van der Waals surface area (Å²) in [6.07, 6.45) is 8.65. The van der Waals surface area contributed by atoms with Crippen molar-refractivity contribution in [3.05, 3.63) is 35.9 Å². The molecule has 2 aliphatic heterocycles. The van der Waals surface area contributed by atoms with E-state index in [1.165, 1.54) is 6.08 Å². The Hall–Kier alpha value is -3.28. The Kier molecular flexibility index (Phi) is 46.6. The maximum atomic E-state index is 13.4. The fourth-order valence-electron chi connectivity index (χ4n) is 7.73. The normalized spacial score (nSPS) is 15.9. The number of fused-ring (bicyclic) bond motifs is 1. The number of phenols is 1. The lowest BCUT2D eigenvalue weighted by Crippen LogP contribution is -2.37. The highest BCUT2D eigenvalue weighted by atomic mass is 32.2. The Morgan fingerprint density at radius 2 is 0.950 bits per heavy atom. The number of amides is 4. The summed E-state index contributed by atoms with van der Waals surface area (Å²) >= 11 is 1.89. The molecule has 462 valence electrons. The first kappa shape index (κ1) is 71.0. The number of thioether (sulfide) groups is 1. The van der Waals surface area contributed by atoms with E-state index >= 15 is 0 Å². The van der Waals surface area contributed by atoms with E-state index in [1.807, 2.05) is 16.7 Å². The molecule has 0 aliphatic carbocycles. The van der Waals surface area contributed by atoms with E-state index in [4.69, 9.17) is 71.1 Å². The first-order chi connectivity index (χ1) is 39.5. The minimum absolute atomic E-state index is 0.0848. The van der Waals surface area contributed by atoms with Gasteiger partial charge in [-0.15, -0.1) is 0 Å². The van der Waals surface area contributed by atoms with Crippen molar-refractivity contribution in [3.8, 4) is 5.75 Å². The van der Waals surface area contributed by atoms with Gasteiger partial charge in [0.05, 0.1) is 190 Å². The van der Waals surface area contributed by atoms with Crippen LogP contribution < -0.4 is 16.0 Å². The number of carbonyl (C=O) groups is 3. The molecule has 0 bridgehead atoms. The third-order valence-electron chi connectivity index (χ3n) is 11.9. The summed E-state index contributed by atoms with van der Waals surface area (Å²) in [5, 5.41) is 18.6. The molecule has 3 rings (SSSR count). The molecule has 2 heterocycles. The van der Waals surface area contributed by atoms with E-state index in [0.29, 0.717) is 236 Å². The van der Waals surface area contributed by atoms with Crippen LogP contribution >= 0.6 is 11.8 Å². The van der Waals surface area contributed by atoms with Gasteiger partial charge in [0.15, 0.2) is 0 Å². The Bertz CT molecular complexity index is 1650. The van der Waals surface area contributed by atoms with E-state index in [1.54, 1.807) is 30.3 Å². The largest absolute Gasteiger partial charge is 0.508 e. The minimum atomic E-state index is -0.191. The Balaban J connectivity index is 1.07. The zero-order valence-corrected chi connectivity index (χ0v) is 48.7. The number of nitrogens with zero attached hydrogens (tertiary/aromatic N) is 1. The molecule has 2 saturated heterocycles. The second-order valence-electron chi connectivity index (χ2n) is 18.4. The van der Waals surface area contributed by atoms with Crippen molar-refractivity contribution in [2.45, 2.75) is 69.2 Å². The summed E-state index contributed by atoms with van der Waals surface area (Å²) in [6, 6.07) is 6.87. The molecule has 0 spiro atoms. The molecular formula is C56H98N4O19S. The molecule has 0 aromatic heterocycles. The van der Waals surface area contributed by atoms with Crippen molar-refractivity contribution in [1.82, 2.24) is 20.9 Å². The van der Waals surface area contributed by atoms with Crippen LogP contribution in [0.4, 0.5) is 4.79 Å². The summed E-state index contributed by atoms with van der Waals surface area (Å²) in [7, 11) is 0. The number of carbonyl (C=O) groups excluding carboxylic acids is 3.